The number of pyridine rings is 1. The third kappa shape index (κ3) is 6.19. The number of carbonyl (C=O) groups is 1. The second-order valence-corrected chi connectivity index (χ2v) is 14.0. The molecule has 1 amide bonds. The van der Waals surface area contributed by atoms with Crippen LogP contribution in [0.5, 0.6) is 0 Å². The first-order valence-corrected chi connectivity index (χ1v) is 15.9. The summed E-state index contributed by atoms with van der Waals surface area (Å²) in [6.07, 6.45) is 2.37. The van der Waals surface area contributed by atoms with Crippen molar-refractivity contribution in [1.29, 1.82) is 0 Å². The van der Waals surface area contributed by atoms with E-state index in [1.165, 1.54) is 11.2 Å². The van der Waals surface area contributed by atoms with Crippen LogP contribution in [0.2, 0.25) is 0 Å². The Morgan fingerprint density at radius 2 is 1.83 bits per heavy atom. The molecule has 0 saturated carbocycles. The van der Waals surface area contributed by atoms with Gasteiger partial charge in [0.2, 0.25) is 0 Å². The van der Waals surface area contributed by atoms with Crippen LogP contribution in [0.25, 0.3) is 32.0 Å². The van der Waals surface area contributed by atoms with Gasteiger partial charge in [-0.2, -0.15) is 0 Å². The van der Waals surface area contributed by atoms with Crippen LogP contribution in [0.4, 0.5) is 16.4 Å². The SMILES string of the molecule is Cc1c(-c2cccc(S(C)(=O)=O)c2)sc2c(N3CCOCC3)nc(-c3ccc(N(C)C(=O)OC(C)(C)C)nc3)nc12. The Hall–Kier alpha value is -3.61. The van der Waals surface area contributed by atoms with Crippen molar-refractivity contribution in [3.05, 3.63) is 48.2 Å². The molecule has 0 unspecified atom stereocenters. The van der Waals surface area contributed by atoms with Gasteiger partial charge < -0.3 is 14.4 Å². The molecule has 0 N–H and O–H groups in total. The first-order chi connectivity index (χ1) is 19.3. The van der Waals surface area contributed by atoms with E-state index in [4.69, 9.17) is 19.4 Å². The van der Waals surface area contributed by atoms with Crippen LogP contribution in [-0.2, 0) is 19.3 Å². The average Bonchev–Trinajstić information content (AvgIpc) is 3.27. The number of hydrogen-bond acceptors (Lipinski definition) is 10. The van der Waals surface area contributed by atoms with Gasteiger partial charge in [0, 0.05) is 43.0 Å². The lowest BCUT2D eigenvalue weighted by molar-refractivity contribution is 0.0588. The molecule has 0 spiro atoms. The topological polar surface area (TPSA) is 115 Å². The third-order valence-electron chi connectivity index (χ3n) is 6.60. The molecule has 3 aromatic heterocycles. The van der Waals surface area contributed by atoms with Gasteiger partial charge in [0.05, 0.1) is 28.3 Å². The molecular weight excluding hydrogens is 562 g/mol. The van der Waals surface area contributed by atoms with E-state index >= 15 is 0 Å². The highest BCUT2D eigenvalue weighted by molar-refractivity contribution is 7.90. The third-order valence-corrected chi connectivity index (χ3v) is 9.04. The fraction of sp³-hybridized carbons (Fsp3) is 0.379. The van der Waals surface area contributed by atoms with Gasteiger partial charge in [-0.05, 0) is 63.1 Å². The number of aromatic nitrogens is 3. The molecule has 10 nitrogen and oxygen atoms in total. The molecule has 1 aromatic carbocycles. The molecule has 1 saturated heterocycles. The maximum atomic E-state index is 12.5. The molecule has 0 atom stereocenters. The summed E-state index contributed by atoms with van der Waals surface area (Å²) in [7, 11) is -1.74. The maximum Gasteiger partial charge on any atom is 0.415 e. The number of benzene rings is 1. The van der Waals surface area contributed by atoms with Crippen LogP contribution < -0.4 is 9.80 Å². The lowest BCUT2D eigenvalue weighted by Crippen LogP contribution is -2.36. The summed E-state index contributed by atoms with van der Waals surface area (Å²) in [4.78, 5) is 31.7. The molecule has 5 rings (SSSR count). The molecular formula is C29H33N5O5S2. The van der Waals surface area contributed by atoms with Crippen molar-refractivity contribution in [2.24, 2.45) is 0 Å². The minimum atomic E-state index is -3.35. The van der Waals surface area contributed by atoms with E-state index < -0.39 is 21.5 Å². The summed E-state index contributed by atoms with van der Waals surface area (Å²) in [5.74, 6) is 1.76. The van der Waals surface area contributed by atoms with Gasteiger partial charge in [-0.25, -0.2) is 28.2 Å². The van der Waals surface area contributed by atoms with Crippen molar-refractivity contribution in [3.63, 3.8) is 0 Å². The number of amides is 1. The Kier molecular flexibility index (Phi) is 7.75. The zero-order chi connectivity index (χ0) is 29.5. The van der Waals surface area contributed by atoms with Crippen LogP contribution in [0.15, 0.2) is 47.5 Å². The predicted octanol–water partition coefficient (Wildman–Crippen LogP) is 5.34. The Bertz CT molecular complexity index is 1710. The fourth-order valence-electron chi connectivity index (χ4n) is 4.48. The highest BCUT2D eigenvalue weighted by Gasteiger charge is 2.24. The quantitative estimate of drug-likeness (QED) is 0.302. The van der Waals surface area contributed by atoms with Crippen LogP contribution in [-0.4, -0.2) is 74.7 Å². The number of carbonyl (C=O) groups excluding carboxylic acids is 1. The molecule has 1 aliphatic rings. The van der Waals surface area contributed by atoms with E-state index in [0.29, 0.717) is 43.5 Å². The van der Waals surface area contributed by atoms with Crippen molar-refractivity contribution in [2.45, 2.75) is 38.2 Å². The Morgan fingerprint density at radius 1 is 1.10 bits per heavy atom. The minimum absolute atomic E-state index is 0.273. The molecule has 1 fully saturated rings. The maximum absolute atomic E-state index is 12.5. The number of fused-ring (bicyclic) bond motifs is 1. The molecule has 0 aliphatic carbocycles. The first kappa shape index (κ1) is 28.9. The minimum Gasteiger partial charge on any atom is -0.443 e. The van der Waals surface area contributed by atoms with Gasteiger partial charge in [0.1, 0.15) is 11.4 Å². The predicted molar refractivity (Wildman–Crippen MR) is 162 cm³/mol. The first-order valence-electron chi connectivity index (χ1n) is 13.2. The summed E-state index contributed by atoms with van der Waals surface area (Å²) in [5.41, 5.74) is 2.65. The lowest BCUT2D eigenvalue weighted by atomic mass is 10.1. The van der Waals surface area contributed by atoms with E-state index in [0.717, 1.165) is 32.0 Å². The molecule has 0 bridgehead atoms. The highest BCUT2D eigenvalue weighted by atomic mass is 32.2. The highest BCUT2D eigenvalue weighted by Crippen LogP contribution is 2.42. The standard InChI is InChI=1S/C29H33N5O5S2/c1-18-23-25(40-24(18)19-8-7-9-21(16-19)41(6,36)37)27(34-12-14-38-15-13-34)32-26(31-23)20-10-11-22(30-17-20)33(5)28(35)39-29(2,3)4/h7-11,16-17H,12-15H2,1-6H3. The zero-order valence-electron chi connectivity index (χ0n) is 24.0. The Labute approximate surface area is 243 Å². The molecule has 1 aliphatic heterocycles. The summed E-state index contributed by atoms with van der Waals surface area (Å²) in [5, 5.41) is 0. The van der Waals surface area contributed by atoms with Gasteiger partial charge in [0.25, 0.3) is 0 Å². The van der Waals surface area contributed by atoms with Crippen LogP contribution in [0, 0.1) is 6.92 Å². The Balaban J connectivity index is 1.58. The van der Waals surface area contributed by atoms with E-state index in [2.05, 4.69) is 9.88 Å². The number of sulfone groups is 1. The average molecular weight is 596 g/mol. The second-order valence-electron chi connectivity index (χ2n) is 10.9. The van der Waals surface area contributed by atoms with Gasteiger partial charge >= 0.3 is 6.09 Å². The number of rotatable bonds is 5. The number of ether oxygens (including phenoxy) is 2. The smallest absolute Gasteiger partial charge is 0.415 e. The number of aryl methyl sites for hydroxylation is 1. The second kappa shape index (κ2) is 11.0. The number of nitrogens with zero attached hydrogens (tertiary/aromatic N) is 5. The van der Waals surface area contributed by atoms with Crippen molar-refractivity contribution >= 4 is 49.1 Å². The molecule has 41 heavy (non-hydrogen) atoms. The summed E-state index contributed by atoms with van der Waals surface area (Å²) >= 11 is 1.56. The van der Waals surface area contributed by atoms with Crippen LogP contribution in [0.3, 0.4) is 0 Å². The van der Waals surface area contributed by atoms with E-state index in [1.54, 1.807) is 48.8 Å². The molecule has 12 heteroatoms. The molecule has 0 radical (unpaired) electrons. The van der Waals surface area contributed by atoms with Crippen molar-refractivity contribution in [3.8, 4) is 21.8 Å². The lowest BCUT2D eigenvalue weighted by Gasteiger charge is -2.28. The van der Waals surface area contributed by atoms with Gasteiger partial charge in [-0.3, -0.25) is 4.90 Å². The van der Waals surface area contributed by atoms with Crippen LogP contribution in [0.1, 0.15) is 26.3 Å². The Morgan fingerprint density at radius 3 is 2.46 bits per heavy atom. The van der Waals surface area contributed by atoms with Gasteiger partial charge in [-0.15, -0.1) is 11.3 Å². The summed E-state index contributed by atoms with van der Waals surface area (Å²) in [6.45, 7) is 10.0. The molecule has 4 heterocycles. The largest absolute Gasteiger partial charge is 0.443 e. The molecule has 216 valence electrons. The van der Waals surface area contributed by atoms with E-state index in [9.17, 15) is 13.2 Å². The van der Waals surface area contributed by atoms with Crippen molar-refractivity contribution < 1.29 is 22.7 Å². The van der Waals surface area contributed by atoms with E-state index in [-0.39, 0.29) is 4.90 Å². The van der Waals surface area contributed by atoms with Gasteiger partial charge in [0.15, 0.2) is 21.5 Å². The summed E-state index contributed by atoms with van der Waals surface area (Å²) in [6, 6.07) is 10.6. The summed E-state index contributed by atoms with van der Waals surface area (Å²) < 4.78 is 36.4. The number of morpholine rings is 1. The van der Waals surface area contributed by atoms with Crippen LogP contribution >= 0.6 is 11.3 Å². The van der Waals surface area contributed by atoms with Crippen molar-refractivity contribution in [2.75, 3.05) is 49.4 Å². The molecule has 4 aromatic rings. The number of hydrogen-bond donors (Lipinski definition) is 0. The monoisotopic (exact) mass is 595 g/mol. The zero-order valence-corrected chi connectivity index (χ0v) is 25.6. The van der Waals surface area contributed by atoms with Gasteiger partial charge in [-0.1, -0.05) is 12.1 Å². The van der Waals surface area contributed by atoms with Crippen molar-refractivity contribution in [1.82, 2.24) is 15.0 Å². The fourth-order valence-corrected chi connectivity index (χ4v) is 6.40. The number of anilines is 2. The number of thiophene rings is 1. The normalized spacial score (nSPS) is 14.3. The van der Waals surface area contributed by atoms with E-state index in [1.807, 2.05) is 39.8 Å².